The molecule has 0 bridgehead atoms. The molecule has 0 aromatic heterocycles. The van der Waals surface area contributed by atoms with Crippen LogP contribution in [0.25, 0.3) is 0 Å². The van der Waals surface area contributed by atoms with E-state index in [-0.39, 0.29) is 20.4 Å². The van der Waals surface area contributed by atoms with Crippen molar-refractivity contribution in [3.63, 3.8) is 0 Å². The van der Waals surface area contributed by atoms with Gasteiger partial charge < -0.3 is 17.3 Å². The largest absolute Gasteiger partial charge is 2.00 e. The summed E-state index contributed by atoms with van der Waals surface area (Å²) in [5.41, 5.74) is 5.86. The molecule has 0 N–H and O–H groups in total. The molecule has 4 aromatic carbocycles. The van der Waals surface area contributed by atoms with Crippen LogP contribution in [0, 0.1) is 34.1 Å². The Morgan fingerprint density at radius 3 is 1.44 bits per heavy atom. The predicted molar refractivity (Wildman–Crippen MR) is 158 cm³/mol. The summed E-state index contributed by atoms with van der Waals surface area (Å²) in [4.78, 5) is 5.25. The zero-order valence-electron chi connectivity index (χ0n) is 21.9. The van der Waals surface area contributed by atoms with E-state index in [0.717, 1.165) is 17.6 Å². The van der Waals surface area contributed by atoms with Gasteiger partial charge in [-0.15, -0.1) is 0 Å². The van der Waals surface area contributed by atoms with Gasteiger partial charge in [0.2, 0.25) is 0 Å². The van der Waals surface area contributed by atoms with Crippen LogP contribution in [0.1, 0.15) is 16.7 Å². The van der Waals surface area contributed by atoms with Crippen LogP contribution in [0.3, 0.4) is 0 Å². The summed E-state index contributed by atoms with van der Waals surface area (Å²) in [6.07, 6.45) is 2.40. The summed E-state index contributed by atoms with van der Waals surface area (Å²) in [7, 11) is -6.56. The first kappa shape index (κ1) is 34.5. The van der Waals surface area contributed by atoms with Crippen LogP contribution in [0.5, 0.6) is 0 Å². The fourth-order valence-electron chi connectivity index (χ4n) is 3.64. The molecule has 0 saturated heterocycles. The van der Waals surface area contributed by atoms with E-state index in [4.69, 9.17) is 4.99 Å². The molecule has 3 radical (unpaired) electrons. The van der Waals surface area contributed by atoms with Gasteiger partial charge in [-0.2, -0.15) is 0 Å². The molecule has 0 spiro atoms. The van der Waals surface area contributed by atoms with Crippen molar-refractivity contribution in [1.82, 2.24) is 0 Å². The summed E-state index contributed by atoms with van der Waals surface area (Å²) in [6, 6.07) is 38.7. The van der Waals surface area contributed by atoms with Gasteiger partial charge in [0.1, 0.15) is 0 Å². The summed E-state index contributed by atoms with van der Waals surface area (Å²) in [5, 5.41) is 2.76. The maximum Gasteiger partial charge on any atom is 2.00 e. The van der Waals surface area contributed by atoms with E-state index < -0.39 is 15.2 Å². The van der Waals surface area contributed by atoms with Gasteiger partial charge in [0.15, 0.2) is 0 Å². The third kappa shape index (κ3) is 12.9. The number of nitrogens with zero attached hydrogens (tertiary/aromatic N) is 1. The minimum atomic E-state index is -6.00. The van der Waals surface area contributed by atoms with Gasteiger partial charge in [0.05, 0.1) is 11.4 Å². The van der Waals surface area contributed by atoms with Crippen molar-refractivity contribution in [2.24, 2.45) is 4.99 Å². The molecule has 0 atom stereocenters. The minimum absolute atomic E-state index is 0. The third-order valence-corrected chi connectivity index (χ3v) is 7.70. The molecule has 0 amide bonds. The second-order valence-corrected chi connectivity index (χ2v) is 10.4. The predicted octanol–water partition coefficient (Wildman–Crippen LogP) is 8.71. The van der Waals surface area contributed by atoms with Gasteiger partial charge in [-0.25, -0.2) is 0 Å². The van der Waals surface area contributed by atoms with Crippen molar-refractivity contribution < 1.29 is 37.7 Å². The molecule has 4 rings (SSSR count). The van der Waals surface area contributed by atoms with Crippen LogP contribution in [0.15, 0.2) is 114 Å². The second-order valence-electron chi connectivity index (χ2n) is 8.21. The first-order chi connectivity index (χ1) is 18.1. The first-order valence-electron chi connectivity index (χ1n) is 12.0. The maximum absolute atomic E-state index is 9.75. The van der Waals surface area contributed by atoms with E-state index in [0.29, 0.717) is 0 Å². The monoisotopic (exact) mass is 641 g/mol. The molecule has 0 unspecified atom stereocenters. The quantitative estimate of drug-likeness (QED) is 0.0865. The van der Waals surface area contributed by atoms with Crippen LogP contribution >= 0.6 is 7.92 Å². The molecular weight excluding hydrogens is 611 g/mol. The molecule has 0 aliphatic heterocycles. The van der Waals surface area contributed by atoms with Crippen molar-refractivity contribution in [2.45, 2.75) is 13.8 Å². The second kappa shape index (κ2) is 17.9. The van der Waals surface area contributed by atoms with Crippen LogP contribution in [0.2, 0.25) is 0 Å². The number of benzene rings is 4. The van der Waals surface area contributed by atoms with Gasteiger partial charge in [0.25, 0.3) is 0 Å². The van der Waals surface area contributed by atoms with Crippen LogP contribution < -0.4 is 10.6 Å². The van der Waals surface area contributed by atoms with Crippen LogP contribution in [0.4, 0.5) is 23.0 Å². The van der Waals surface area contributed by atoms with Crippen LogP contribution in [-0.4, -0.2) is 19.1 Å². The fourth-order valence-corrected chi connectivity index (χ4v) is 5.92. The Morgan fingerprint density at radius 1 is 0.692 bits per heavy atom. The zero-order chi connectivity index (χ0) is 28.0. The summed E-state index contributed by atoms with van der Waals surface area (Å²) < 4.78 is 39.0. The van der Waals surface area contributed by atoms with Crippen molar-refractivity contribution in [3.8, 4) is 0 Å². The smallest absolute Gasteiger partial charge is 0.418 e. The molecule has 205 valence electrons. The number of para-hydroxylation sites is 1. The van der Waals surface area contributed by atoms with E-state index in [1.54, 1.807) is 0 Å². The van der Waals surface area contributed by atoms with Gasteiger partial charge in [-0.3, -0.25) is 4.99 Å². The Labute approximate surface area is 245 Å². The van der Waals surface area contributed by atoms with Crippen LogP contribution in [-0.2, 0) is 20.4 Å². The molecular formula is C31H31BF4NPPd+. The Balaban J connectivity index is 0.000000749. The fraction of sp³-hybridized carbons (Fsp3) is 0.0968. The molecule has 1 nitrogen and oxygen atoms in total. The average Bonchev–Trinajstić information content (AvgIpc) is 2.89. The van der Waals surface area contributed by atoms with E-state index in [1.165, 1.54) is 33.7 Å². The number of rotatable bonds is 6. The Hall–Kier alpha value is -2.57. The van der Waals surface area contributed by atoms with Crippen molar-refractivity contribution in [3.05, 3.63) is 146 Å². The summed E-state index contributed by atoms with van der Waals surface area (Å²) in [6.45, 7) is 10.8. The van der Waals surface area contributed by atoms with E-state index >= 15 is 0 Å². The van der Waals surface area contributed by atoms with E-state index in [2.05, 4.69) is 137 Å². The van der Waals surface area contributed by atoms with E-state index in [9.17, 15) is 17.3 Å². The minimum Gasteiger partial charge on any atom is -0.418 e. The molecule has 0 saturated carbocycles. The third-order valence-electron chi connectivity index (χ3n) is 5.24. The SMILES string of the molecule is Cc1cccc(C)c1N=C(CP(c1ccccc1)c1ccccc1)c1ccccc1.F[B-](F)(F)F.[CH2][CH][CH2].[Pd+2]. The molecule has 39 heavy (non-hydrogen) atoms. The number of hydrogen-bond donors (Lipinski definition) is 0. The summed E-state index contributed by atoms with van der Waals surface area (Å²) >= 11 is 0. The van der Waals surface area contributed by atoms with E-state index in [1.807, 2.05) is 0 Å². The molecule has 0 aliphatic carbocycles. The van der Waals surface area contributed by atoms with Crippen molar-refractivity contribution >= 4 is 37.2 Å². The zero-order valence-corrected chi connectivity index (χ0v) is 24.3. The summed E-state index contributed by atoms with van der Waals surface area (Å²) in [5.74, 6) is 0. The standard InChI is InChI=1S/C28H26NP.C3H5.BF4.Pd/c1-22-13-12-14-23(2)28(22)29-27(24-15-6-3-7-16-24)21-30(25-17-8-4-9-18-25)26-19-10-5-11-20-26;1-3-2;2-1(3,4)5;/h3-20H,21H2,1-2H3;3H,1-2H2;;/q;;-1;+2. The number of aryl methyl sites for hydroxylation is 2. The first-order valence-corrected chi connectivity index (χ1v) is 13.5. The van der Waals surface area contributed by atoms with Crippen molar-refractivity contribution in [2.75, 3.05) is 6.16 Å². The average molecular weight is 642 g/mol. The topological polar surface area (TPSA) is 12.4 Å². The molecule has 0 fully saturated rings. The number of hydrogen-bond acceptors (Lipinski definition) is 1. The van der Waals surface area contributed by atoms with Crippen molar-refractivity contribution in [1.29, 1.82) is 0 Å². The molecule has 4 aromatic rings. The maximum atomic E-state index is 9.75. The number of halogens is 4. The van der Waals surface area contributed by atoms with Gasteiger partial charge in [-0.05, 0) is 69.3 Å². The molecule has 0 aliphatic rings. The Morgan fingerprint density at radius 2 is 1.05 bits per heavy atom. The van der Waals surface area contributed by atoms with Gasteiger partial charge >= 0.3 is 27.7 Å². The normalized spacial score (nSPS) is 10.9. The number of aliphatic imine (C=N–C) groups is 1. The molecule has 8 heteroatoms. The van der Waals surface area contributed by atoms with Gasteiger partial charge in [0, 0.05) is 6.16 Å². The van der Waals surface area contributed by atoms with Gasteiger partial charge in [-0.1, -0.05) is 109 Å². The Kier molecular flexibility index (Phi) is 15.8. The Bertz CT molecular complexity index is 1190. The molecule has 0 heterocycles.